The van der Waals surface area contributed by atoms with E-state index in [1.165, 1.54) is 24.2 Å². The maximum atomic E-state index is 12.3. The quantitative estimate of drug-likeness (QED) is 0.784. The first-order chi connectivity index (χ1) is 11.6. The van der Waals surface area contributed by atoms with Crippen molar-refractivity contribution in [1.82, 2.24) is 10.3 Å². The fraction of sp³-hybridized carbons (Fsp3) is 0.562. The summed E-state index contributed by atoms with van der Waals surface area (Å²) in [5.74, 6) is -1.30. The number of fused-ring (bicyclic) bond motifs is 1. The van der Waals surface area contributed by atoms with Crippen molar-refractivity contribution in [2.45, 2.75) is 45.1 Å². The Balaban J connectivity index is 1.70. The summed E-state index contributed by atoms with van der Waals surface area (Å²) >= 11 is 2.93. The molecule has 3 heterocycles. The maximum Gasteiger partial charge on any atom is 0.326 e. The van der Waals surface area contributed by atoms with Crippen molar-refractivity contribution in [1.29, 1.82) is 0 Å². The van der Waals surface area contributed by atoms with Crippen molar-refractivity contribution in [3.8, 4) is 0 Å². The van der Waals surface area contributed by atoms with E-state index in [9.17, 15) is 14.7 Å². The standard InChI is InChI=1S/C16H21N3O3S2/c1-2-3-6-10(15(21)22)17-13(20)11-9-12-14(23-11)18-16(24-12)19-7-4-5-8-19/h9-10H,2-8H2,1H3,(H,17,20)(H,21,22)/t10-/m0/s1. The highest BCUT2D eigenvalue weighted by Crippen LogP contribution is 2.35. The minimum Gasteiger partial charge on any atom is -0.480 e. The molecule has 0 radical (unpaired) electrons. The van der Waals surface area contributed by atoms with E-state index in [0.717, 1.165) is 40.6 Å². The van der Waals surface area contributed by atoms with Gasteiger partial charge in [0.05, 0.1) is 9.58 Å². The highest BCUT2D eigenvalue weighted by molar-refractivity contribution is 7.29. The number of nitrogens with one attached hydrogen (secondary N) is 1. The third kappa shape index (κ3) is 3.70. The molecule has 130 valence electrons. The molecule has 0 unspecified atom stereocenters. The van der Waals surface area contributed by atoms with E-state index in [1.807, 2.05) is 13.0 Å². The van der Waals surface area contributed by atoms with Gasteiger partial charge in [-0.15, -0.1) is 11.3 Å². The average molecular weight is 367 g/mol. The summed E-state index contributed by atoms with van der Waals surface area (Å²) in [6.07, 6.45) is 4.54. The Hall–Kier alpha value is -1.67. The number of thiophene rings is 1. The van der Waals surface area contributed by atoms with Crippen molar-refractivity contribution in [2.75, 3.05) is 18.0 Å². The number of hydrogen-bond donors (Lipinski definition) is 2. The Bertz CT molecular complexity index is 703. The van der Waals surface area contributed by atoms with Gasteiger partial charge in [-0.05, 0) is 25.3 Å². The maximum absolute atomic E-state index is 12.3. The smallest absolute Gasteiger partial charge is 0.326 e. The van der Waals surface area contributed by atoms with Gasteiger partial charge in [-0.25, -0.2) is 9.78 Å². The van der Waals surface area contributed by atoms with Gasteiger partial charge in [0.15, 0.2) is 5.13 Å². The number of amides is 1. The summed E-state index contributed by atoms with van der Waals surface area (Å²) in [5.41, 5.74) is 0. The van der Waals surface area contributed by atoms with Crippen molar-refractivity contribution in [2.24, 2.45) is 0 Å². The first-order valence-corrected chi connectivity index (χ1v) is 9.90. The summed E-state index contributed by atoms with van der Waals surface area (Å²) in [7, 11) is 0. The number of carboxylic acids is 1. The molecule has 0 saturated carbocycles. The van der Waals surface area contributed by atoms with E-state index >= 15 is 0 Å². The van der Waals surface area contributed by atoms with Crippen molar-refractivity contribution < 1.29 is 14.7 Å². The zero-order chi connectivity index (χ0) is 17.1. The van der Waals surface area contributed by atoms with E-state index in [4.69, 9.17) is 0 Å². The number of thiazole rings is 1. The summed E-state index contributed by atoms with van der Waals surface area (Å²) < 4.78 is 0.993. The predicted octanol–water partition coefficient (Wildman–Crippen LogP) is 3.33. The highest BCUT2D eigenvalue weighted by Gasteiger charge is 2.23. The number of nitrogens with zero attached hydrogens (tertiary/aromatic N) is 2. The van der Waals surface area contributed by atoms with Gasteiger partial charge in [-0.2, -0.15) is 0 Å². The number of carboxylic acid groups (broad SMARTS) is 1. The molecule has 2 N–H and O–H groups in total. The normalized spacial score (nSPS) is 15.8. The third-order valence-corrected chi connectivity index (χ3v) is 6.35. The van der Waals surface area contributed by atoms with Crippen LogP contribution in [-0.4, -0.2) is 41.1 Å². The minimum atomic E-state index is -0.982. The Morgan fingerprint density at radius 1 is 1.38 bits per heavy atom. The fourth-order valence-corrected chi connectivity index (χ4v) is 4.94. The molecule has 0 bridgehead atoms. The summed E-state index contributed by atoms with van der Waals surface area (Å²) in [6, 6.07) is 0.997. The predicted molar refractivity (Wildman–Crippen MR) is 97.4 cm³/mol. The molecule has 1 aliphatic heterocycles. The van der Waals surface area contributed by atoms with Crippen LogP contribution in [0.5, 0.6) is 0 Å². The Kier molecular flexibility index (Phi) is 5.35. The number of carbonyl (C=O) groups is 2. The molecule has 8 heteroatoms. The lowest BCUT2D eigenvalue weighted by atomic mass is 10.1. The van der Waals surface area contributed by atoms with Crippen LogP contribution in [0, 0.1) is 0 Å². The van der Waals surface area contributed by atoms with Crippen LogP contribution in [0.4, 0.5) is 5.13 Å². The number of rotatable bonds is 7. The number of unbranched alkanes of at least 4 members (excludes halogenated alkanes) is 1. The van der Waals surface area contributed by atoms with E-state index < -0.39 is 12.0 Å². The molecule has 0 aliphatic carbocycles. The van der Waals surface area contributed by atoms with Crippen LogP contribution in [0.1, 0.15) is 48.7 Å². The number of aliphatic carboxylic acids is 1. The summed E-state index contributed by atoms with van der Waals surface area (Å²) in [4.78, 5) is 31.9. The van der Waals surface area contributed by atoms with Gasteiger partial charge in [-0.3, -0.25) is 4.79 Å². The number of aromatic nitrogens is 1. The Morgan fingerprint density at radius 3 is 2.75 bits per heavy atom. The number of carbonyl (C=O) groups excluding carboxylic acids is 1. The fourth-order valence-electron chi connectivity index (χ4n) is 2.77. The lowest BCUT2D eigenvalue weighted by Gasteiger charge is -2.13. The molecule has 0 spiro atoms. The Labute approximate surface area is 148 Å². The van der Waals surface area contributed by atoms with Crippen LogP contribution in [-0.2, 0) is 4.79 Å². The molecule has 2 aromatic heterocycles. The van der Waals surface area contributed by atoms with Crippen molar-refractivity contribution in [3.63, 3.8) is 0 Å². The van der Waals surface area contributed by atoms with E-state index in [2.05, 4.69) is 15.2 Å². The van der Waals surface area contributed by atoms with Crippen molar-refractivity contribution in [3.05, 3.63) is 10.9 Å². The second kappa shape index (κ2) is 7.48. The molecule has 0 aromatic carbocycles. The minimum absolute atomic E-state index is 0.323. The van der Waals surface area contributed by atoms with Gasteiger partial charge in [0, 0.05) is 13.1 Å². The van der Waals surface area contributed by atoms with Crippen molar-refractivity contribution >= 4 is 49.2 Å². The zero-order valence-electron chi connectivity index (χ0n) is 13.6. The van der Waals surface area contributed by atoms with Crippen LogP contribution in [0.3, 0.4) is 0 Å². The molecule has 1 atom stereocenters. The van der Waals surface area contributed by atoms with Gasteiger partial charge in [0.25, 0.3) is 5.91 Å². The van der Waals surface area contributed by atoms with Crippen LogP contribution < -0.4 is 10.2 Å². The lowest BCUT2D eigenvalue weighted by Crippen LogP contribution is -2.40. The van der Waals surface area contributed by atoms with Gasteiger partial charge >= 0.3 is 5.97 Å². The lowest BCUT2D eigenvalue weighted by molar-refractivity contribution is -0.139. The molecular formula is C16H21N3O3S2. The topological polar surface area (TPSA) is 82.5 Å². The van der Waals surface area contributed by atoms with E-state index in [0.29, 0.717) is 11.3 Å². The highest BCUT2D eigenvalue weighted by atomic mass is 32.1. The molecule has 2 aromatic rings. The molecule has 1 saturated heterocycles. The van der Waals surface area contributed by atoms with E-state index in [-0.39, 0.29) is 5.91 Å². The molecule has 1 aliphatic rings. The van der Waals surface area contributed by atoms with E-state index in [1.54, 1.807) is 11.3 Å². The molecule has 24 heavy (non-hydrogen) atoms. The van der Waals surface area contributed by atoms with Crippen LogP contribution in [0.2, 0.25) is 0 Å². The Morgan fingerprint density at radius 2 is 2.12 bits per heavy atom. The third-order valence-electron chi connectivity index (χ3n) is 4.13. The molecular weight excluding hydrogens is 346 g/mol. The molecule has 1 fully saturated rings. The van der Waals surface area contributed by atoms with Gasteiger partial charge < -0.3 is 15.3 Å². The van der Waals surface area contributed by atoms with Crippen LogP contribution >= 0.6 is 22.7 Å². The monoisotopic (exact) mass is 367 g/mol. The first kappa shape index (κ1) is 17.2. The second-order valence-corrected chi connectivity index (χ2v) is 8.02. The molecule has 1 amide bonds. The molecule has 6 nitrogen and oxygen atoms in total. The average Bonchev–Trinajstić information content (AvgIpc) is 3.24. The first-order valence-electron chi connectivity index (χ1n) is 8.27. The summed E-state index contributed by atoms with van der Waals surface area (Å²) in [6.45, 7) is 4.09. The molecule has 3 rings (SSSR count). The van der Waals surface area contributed by atoms with Crippen LogP contribution in [0.25, 0.3) is 9.53 Å². The summed E-state index contributed by atoms with van der Waals surface area (Å²) in [5, 5.41) is 12.9. The van der Waals surface area contributed by atoms with Gasteiger partial charge in [0.1, 0.15) is 10.9 Å². The van der Waals surface area contributed by atoms with Gasteiger partial charge in [-0.1, -0.05) is 31.1 Å². The number of hydrogen-bond acceptors (Lipinski definition) is 6. The zero-order valence-corrected chi connectivity index (χ0v) is 15.2. The van der Waals surface area contributed by atoms with Crippen LogP contribution in [0.15, 0.2) is 6.07 Å². The van der Waals surface area contributed by atoms with Gasteiger partial charge in [0.2, 0.25) is 0 Å². The SMILES string of the molecule is CCCC[C@H](NC(=O)c1cc2sc(N3CCCC3)nc2s1)C(=O)O. The number of anilines is 1. The largest absolute Gasteiger partial charge is 0.480 e. The second-order valence-electron chi connectivity index (χ2n) is 5.98.